The largest absolute Gasteiger partial charge is 0.390 e. The summed E-state index contributed by atoms with van der Waals surface area (Å²) in [6, 6.07) is 9.81. The number of aliphatic hydroxyl groups excluding tert-OH is 2. The van der Waals surface area contributed by atoms with E-state index in [9.17, 15) is 10.2 Å². The molecule has 2 N–H and O–H groups in total. The highest BCUT2D eigenvalue weighted by Gasteiger charge is 2.56. The lowest BCUT2D eigenvalue weighted by atomic mass is 9.80. The third-order valence-corrected chi connectivity index (χ3v) is 10.1. The molecule has 1 aliphatic carbocycles. The summed E-state index contributed by atoms with van der Waals surface area (Å²) in [5.74, 6) is 0.772. The van der Waals surface area contributed by atoms with E-state index in [1.807, 2.05) is 34.7 Å². The second kappa shape index (κ2) is 8.07. The summed E-state index contributed by atoms with van der Waals surface area (Å²) < 4.78 is 2.71. The van der Waals surface area contributed by atoms with Crippen molar-refractivity contribution in [2.75, 3.05) is 5.75 Å². The number of hydrogen-bond acceptors (Lipinski definition) is 6. The molecule has 1 saturated heterocycles. The van der Waals surface area contributed by atoms with Gasteiger partial charge in [0.1, 0.15) is 28.4 Å². The number of hydrogen-bond donors (Lipinski definition) is 2. The molecular weight excluding hydrogens is 547 g/mol. The highest BCUT2D eigenvalue weighted by atomic mass is 79.9. The van der Waals surface area contributed by atoms with Gasteiger partial charge in [0.05, 0.1) is 27.5 Å². The summed E-state index contributed by atoms with van der Waals surface area (Å²) in [4.78, 5) is 12.9. The van der Waals surface area contributed by atoms with Crippen molar-refractivity contribution in [2.45, 2.75) is 36.3 Å². The maximum Gasteiger partial charge on any atom is 0.145 e. The van der Waals surface area contributed by atoms with Crippen molar-refractivity contribution >= 4 is 72.8 Å². The summed E-state index contributed by atoms with van der Waals surface area (Å²) in [6.45, 7) is 0. The number of nitrogens with zero attached hydrogens (tertiary/aromatic N) is 4. The van der Waals surface area contributed by atoms with Crippen molar-refractivity contribution in [2.24, 2.45) is 5.41 Å². The van der Waals surface area contributed by atoms with Crippen LogP contribution in [-0.2, 0) is 0 Å². The third kappa shape index (κ3) is 3.49. The van der Waals surface area contributed by atoms with E-state index in [0.717, 1.165) is 38.5 Å². The molecule has 6 nitrogen and oxygen atoms in total. The second-order valence-corrected chi connectivity index (χ2v) is 11.7. The normalized spacial score (nSPS) is 29.6. The topological polar surface area (TPSA) is 84.1 Å². The van der Waals surface area contributed by atoms with Gasteiger partial charge in [-0.2, -0.15) is 11.8 Å². The zero-order chi connectivity index (χ0) is 22.9. The molecule has 0 unspecified atom stereocenters. The lowest BCUT2D eigenvalue weighted by Crippen LogP contribution is -2.36. The standard InChI is InChI=1S/C23H19BrCl2N4O2S/c24-14-5-11-1-2-12(6-15(11)29-21(14)26)17-8-23(9-33-17)7-16(18(31)19(23)32)30-4-3-13-20(25)27-10-28-22(13)30/h1-6,10,16-19,31-32H,7-9H2/t16-,17-,18+,19+,23-/m1/s1. The van der Waals surface area contributed by atoms with Crippen LogP contribution in [0.3, 0.4) is 0 Å². The molecule has 33 heavy (non-hydrogen) atoms. The van der Waals surface area contributed by atoms with Crippen LogP contribution >= 0.6 is 50.9 Å². The lowest BCUT2D eigenvalue weighted by Gasteiger charge is -2.27. The Morgan fingerprint density at radius 3 is 2.79 bits per heavy atom. The van der Waals surface area contributed by atoms with Crippen molar-refractivity contribution in [3.05, 3.63) is 63.2 Å². The molecule has 2 fully saturated rings. The van der Waals surface area contributed by atoms with Crippen LogP contribution in [0.1, 0.15) is 29.7 Å². The Hall–Kier alpha value is -1.42. The van der Waals surface area contributed by atoms with Crippen LogP contribution in [0.25, 0.3) is 21.9 Å². The van der Waals surface area contributed by atoms with Crippen molar-refractivity contribution in [1.82, 2.24) is 19.5 Å². The minimum absolute atomic E-state index is 0.206. The second-order valence-electron chi connectivity index (χ2n) is 8.91. The van der Waals surface area contributed by atoms with Gasteiger partial charge in [-0.25, -0.2) is 15.0 Å². The first-order chi connectivity index (χ1) is 15.9. The van der Waals surface area contributed by atoms with Gasteiger partial charge >= 0.3 is 0 Å². The van der Waals surface area contributed by atoms with Gasteiger partial charge in [0.15, 0.2) is 0 Å². The SMILES string of the molecule is O[C@H]1[C@H](n2ccc3c(Cl)ncnc32)C[C@@]2(CS[C@@H](c3ccc4cc(Br)c(Cl)nc4c3)C2)[C@H]1O. The van der Waals surface area contributed by atoms with E-state index in [0.29, 0.717) is 22.4 Å². The fourth-order valence-corrected chi connectivity index (χ4v) is 7.75. The van der Waals surface area contributed by atoms with Gasteiger partial charge in [0, 0.05) is 28.0 Å². The molecule has 1 aromatic carbocycles. The van der Waals surface area contributed by atoms with Gasteiger partial charge in [-0.15, -0.1) is 0 Å². The molecule has 4 aromatic rings. The summed E-state index contributed by atoms with van der Waals surface area (Å²) in [5, 5.41) is 25.0. The van der Waals surface area contributed by atoms with E-state index in [4.69, 9.17) is 23.2 Å². The summed E-state index contributed by atoms with van der Waals surface area (Å²) >= 11 is 17.7. The number of thioether (sulfide) groups is 1. The van der Waals surface area contributed by atoms with Crippen LogP contribution in [0.15, 0.2) is 47.3 Å². The van der Waals surface area contributed by atoms with Gasteiger partial charge in [0.25, 0.3) is 0 Å². The fourth-order valence-electron chi connectivity index (χ4n) is 5.35. The number of pyridine rings is 1. The smallest absolute Gasteiger partial charge is 0.145 e. The predicted molar refractivity (Wildman–Crippen MR) is 135 cm³/mol. The zero-order valence-electron chi connectivity index (χ0n) is 17.2. The number of aromatic nitrogens is 4. The maximum atomic E-state index is 11.2. The molecule has 170 valence electrons. The summed E-state index contributed by atoms with van der Waals surface area (Å²) in [7, 11) is 0. The summed E-state index contributed by atoms with van der Waals surface area (Å²) in [6.07, 6.45) is 3.03. The van der Waals surface area contributed by atoms with Gasteiger partial charge < -0.3 is 14.8 Å². The van der Waals surface area contributed by atoms with Gasteiger partial charge in [0.2, 0.25) is 0 Å². The Labute approximate surface area is 212 Å². The highest BCUT2D eigenvalue weighted by Crippen LogP contribution is 2.59. The molecule has 0 amide bonds. The van der Waals surface area contributed by atoms with E-state index < -0.39 is 12.2 Å². The zero-order valence-corrected chi connectivity index (χ0v) is 21.1. The first-order valence-electron chi connectivity index (χ1n) is 10.6. The Morgan fingerprint density at radius 1 is 1.09 bits per heavy atom. The predicted octanol–water partition coefficient (Wildman–Crippen LogP) is 5.58. The van der Waals surface area contributed by atoms with E-state index in [1.54, 1.807) is 0 Å². The van der Waals surface area contributed by atoms with Crippen molar-refractivity contribution in [3.63, 3.8) is 0 Å². The number of halogens is 3. The fraction of sp³-hybridized carbons (Fsp3) is 0.348. The molecule has 1 aliphatic heterocycles. The van der Waals surface area contributed by atoms with Crippen molar-refractivity contribution in [3.8, 4) is 0 Å². The Bertz CT molecular complexity index is 1400. The van der Waals surface area contributed by atoms with Gasteiger partial charge in [-0.1, -0.05) is 35.3 Å². The number of benzene rings is 1. The molecule has 0 bridgehead atoms. The molecule has 0 radical (unpaired) electrons. The van der Waals surface area contributed by atoms with Gasteiger partial charge in [-0.3, -0.25) is 0 Å². The molecule has 5 atom stereocenters. The van der Waals surface area contributed by atoms with Crippen molar-refractivity contribution < 1.29 is 10.2 Å². The molecule has 1 saturated carbocycles. The van der Waals surface area contributed by atoms with Crippen LogP contribution in [0.2, 0.25) is 10.3 Å². The van der Waals surface area contributed by atoms with Crippen LogP contribution in [-0.4, -0.2) is 47.7 Å². The Morgan fingerprint density at radius 2 is 1.94 bits per heavy atom. The summed E-state index contributed by atoms with van der Waals surface area (Å²) in [5.41, 5.74) is 2.30. The molecule has 2 aliphatic rings. The maximum absolute atomic E-state index is 11.2. The number of aliphatic hydroxyl groups is 2. The van der Waals surface area contributed by atoms with Crippen LogP contribution in [0.4, 0.5) is 0 Å². The molecule has 3 aromatic heterocycles. The Kier molecular flexibility index (Phi) is 5.40. The van der Waals surface area contributed by atoms with E-state index in [1.165, 1.54) is 6.33 Å². The molecule has 4 heterocycles. The Balaban J connectivity index is 1.30. The number of fused-ring (bicyclic) bond motifs is 2. The average Bonchev–Trinajstić information content (AvgIpc) is 3.48. The highest BCUT2D eigenvalue weighted by molar-refractivity contribution is 9.10. The van der Waals surface area contributed by atoms with E-state index in [2.05, 4.69) is 49.1 Å². The van der Waals surface area contributed by atoms with Crippen LogP contribution in [0.5, 0.6) is 0 Å². The van der Waals surface area contributed by atoms with Crippen LogP contribution in [0, 0.1) is 5.41 Å². The monoisotopic (exact) mass is 564 g/mol. The van der Waals surface area contributed by atoms with Gasteiger partial charge in [-0.05, 0) is 52.5 Å². The first-order valence-corrected chi connectivity index (χ1v) is 13.2. The lowest BCUT2D eigenvalue weighted by molar-refractivity contribution is -0.0204. The molecule has 10 heteroatoms. The van der Waals surface area contributed by atoms with E-state index >= 15 is 0 Å². The molecule has 1 spiro atoms. The molecular formula is C23H19BrCl2N4O2S. The quantitative estimate of drug-likeness (QED) is 0.244. The average molecular weight is 566 g/mol. The van der Waals surface area contributed by atoms with E-state index in [-0.39, 0.29) is 16.7 Å². The third-order valence-electron chi connectivity index (χ3n) is 7.07. The molecule has 6 rings (SSSR count). The number of rotatable bonds is 2. The first kappa shape index (κ1) is 22.1. The minimum Gasteiger partial charge on any atom is -0.390 e. The van der Waals surface area contributed by atoms with Crippen molar-refractivity contribution in [1.29, 1.82) is 0 Å². The minimum atomic E-state index is -0.886. The van der Waals surface area contributed by atoms with Crippen LogP contribution < -0.4 is 0 Å².